The molecule has 0 spiro atoms. The highest BCUT2D eigenvalue weighted by molar-refractivity contribution is 14.1. The van der Waals surface area contributed by atoms with Gasteiger partial charge in [-0.1, -0.05) is 43.3 Å². The Morgan fingerprint density at radius 2 is 2.03 bits per heavy atom. The third-order valence-corrected chi connectivity index (χ3v) is 6.41. The van der Waals surface area contributed by atoms with E-state index in [0.29, 0.717) is 12.2 Å². The molecule has 2 unspecified atom stereocenters. The number of benzene rings is 2. The van der Waals surface area contributed by atoms with Crippen molar-refractivity contribution in [3.63, 3.8) is 0 Å². The lowest BCUT2D eigenvalue weighted by Gasteiger charge is -2.37. The van der Waals surface area contributed by atoms with Crippen molar-refractivity contribution in [1.29, 1.82) is 5.41 Å². The molecule has 3 N–H and O–H groups in total. The van der Waals surface area contributed by atoms with E-state index in [2.05, 4.69) is 10.3 Å². The Morgan fingerprint density at radius 3 is 2.75 bits per heavy atom. The summed E-state index contributed by atoms with van der Waals surface area (Å²) in [6, 6.07) is 12.5. The zero-order chi connectivity index (χ0) is 26.2. The zero-order valence-corrected chi connectivity index (χ0v) is 22.2. The van der Waals surface area contributed by atoms with Crippen molar-refractivity contribution in [1.82, 2.24) is 13.3 Å². The molecule has 1 aliphatic heterocycles. The van der Waals surface area contributed by atoms with Crippen molar-refractivity contribution in [3.8, 4) is 5.75 Å². The maximum Gasteiger partial charge on any atom is 0.243 e. The number of carbonyl (C=O) groups excluding carboxylic acids is 2. The Morgan fingerprint density at radius 1 is 1.31 bits per heavy atom. The number of aliphatic hydroxyl groups excluding tert-OH is 1. The highest BCUT2D eigenvalue weighted by Gasteiger charge is 2.33. The van der Waals surface area contributed by atoms with Crippen molar-refractivity contribution in [2.75, 3.05) is 19.7 Å². The number of ketones is 1. The minimum atomic E-state index is -1.26. The summed E-state index contributed by atoms with van der Waals surface area (Å²) < 4.78 is 7.18. The normalized spacial score (nSPS) is 15.7. The van der Waals surface area contributed by atoms with E-state index < -0.39 is 18.2 Å². The molecule has 190 valence electrons. The molecule has 1 aliphatic rings. The molecule has 11 heteroatoms. The fourth-order valence-electron chi connectivity index (χ4n) is 3.63. The Hall–Kier alpha value is -3.32. The van der Waals surface area contributed by atoms with Crippen LogP contribution >= 0.6 is 22.9 Å². The van der Waals surface area contributed by atoms with Gasteiger partial charge in [-0.05, 0) is 24.8 Å². The molecule has 0 fully saturated rings. The van der Waals surface area contributed by atoms with E-state index in [4.69, 9.17) is 10.1 Å². The minimum absolute atomic E-state index is 0.00914. The molecule has 0 saturated heterocycles. The predicted octanol–water partition coefficient (Wildman–Crippen LogP) is 2.89. The number of amides is 1. The number of ether oxygens (including phenoxy) is 1. The van der Waals surface area contributed by atoms with Gasteiger partial charge < -0.3 is 30.9 Å². The van der Waals surface area contributed by atoms with Crippen molar-refractivity contribution < 1.29 is 19.4 Å². The molecule has 10 nitrogen and oxygen atoms in total. The molecule has 0 aliphatic carbocycles. The van der Waals surface area contributed by atoms with Gasteiger partial charge in [-0.25, -0.2) is 4.99 Å². The van der Waals surface area contributed by atoms with E-state index in [1.54, 1.807) is 13.0 Å². The number of hydrogen-bond acceptors (Lipinski definition) is 8. The number of aliphatic imine (C=N–C) groups is 1. The summed E-state index contributed by atoms with van der Waals surface area (Å²) in [5, 5.41) is 32.8. The Kier molecular flexibility index (Phi) is 9.53. The summed E-state index contributed by atoms with van der Waals surface area (Å²) in [4.78, 5) is 30.9. The van der Waals surface area contributed by atoms with E-state index in [1.807, 2.05) is 59.3 Å². The van der Waals surface area contributed by atoms with Gasteiger partial charge in [-0.3, -0.25) is 12.7 Å². The Balaban J connectivity index is 1.56. The number of nitrogens with zero attached hydrogens (tertiary/aromatic N) is 4. The van der Waals surface area contributed by atoms with E-state index in [9.17, 15) is 20.1 Å². The molecule has 0 saturated carbocycles. The summed E-state index contributed by atoms with van der Waals surface area (Å²) >= 11 is 1.88. The number of Topliss-reactive ketones (excluding diaryl/α,β-unsaturated/α-hetero) is 1. The van der Waals surface area contributed by atoms with Gasteiger partial charge in [-0.15, -0.1) is 5.71 Å². The van der Waals surface area contributed by atoms with Gasteiger partial charge in [0.05, 0.1) is 29.4 Å². The first-order chi connectivity index (χ1) is 17.2. The van der Waals surface area contributed by atoms with Crippen LogP contribution in [0.3, 0.4) is 0 Å². The molecule has 0 radical (unpaired) electrons. The van der Waals surface area contributed by atoms with Crippen LogP contribution in [0, 0.1) is 5.41 Å². The molecular formula is C25H28IN6O4-. The molecule has 0 aromatic heterocycles. The number of fused-ring (bicyclic) bond motifs is 1. The molecule has 0 bridgehead atoms. The van der Waals surface area contributed by atoms with E-state index >= 15 is 0 Å². The average molecular weight is 603 g/mol. The maximum absolute atomic E-state index is 12.9. The van der Waals surface area contributed by atoms with Crippen molar-refractivity contribution >= 4 is 62.6 Å². The second-order valence-electron chi connectivity index (χ2n) is 8.14. The van der Waals surface area contributed by atoms with Gasteiger partial charge in [0.1, 0.15) is 18.4 Å². The Labute approximate surface area is 223 Å². The highest BCUT2D eigenvalue weighted by atomic mass is 127. The number of aliphatic hydroxyl groups is 1. The first-order valence-electron chi connectivity index (χ1n) is 11.4. The van der Waals surface area contributed by atoms with Crippen LogP contribution in [0.15, 0.2) is 59.9 Å². The van der Waals surface area contributed by atoms with E-state index in [1.165, 1.54) is 27.3 Å². The molecule has 36 heavy (non-hydrogen) atoms. The number of rotatable bonds is 11. The molecule has 2 atom stereocenters. The monoisotopic (exact) mass is 603 g/mol. The standard InChI is InChI=1S/C25H28IN6O4/c1-3-21(31-12-11-29-23(25(31)35)32(26)14-20(28)16(2)27)24(34)30-13-18(33)15-36-22-10-6-8-17-7-4-5-9-19(17)22/h4-12,21,25,27,35H,3,13-15H2,1-2H3,(H,30,34)/q-1. The van der Waals surface area contributed by atoms with E-state index in [0.717, 1.165) is 10.8 Å². The summed E-state index contributed by atoms with van der Waals surface area (Å²) in [5.74, 6) is 0.0782. The molecular weight excluding hydrogens is 575 g/mol. The number of amidine groups is 1. The molecule has 1 amide bonds. The number of halogens is 1. The van der Waals surface area contributed by atoms with Gasteiger partial charge in [0.2, 0.25) is 5.91 Å². The summed E-state index contributed by atoms with van der Waals surface area (Å²) in [6.07, 6.45) is 2.05. The lowest BCUT2D eigenvalue weighted by molar-refractivity contribution is -0.130. The van der Waals surface area contributed by atoms with E-state index in [-0.39, 0.29) is 42.7 Å². The molecule has 3 rings (SSSR count). The van der Waals surface area contributed by atoms with Crippen LogP contribution in [0.1, 0.15) is 20.3 Å². The van der Waals surface area contributed by atoms with Crippen LogP contribution in [0.2, 0.25) is 0 Å². The summed E-state index contributed by atoms with van der Waals surface area (Å²) in [5.41, 5.74) is -0.149. The van der Waals surface area contributed by atoms with Crippen LogP contribution in [0.25, 0.3) is 16.2 Å². The largest absolute Gasteiger partial charge is 0.805 e. The van der Waals surface area contributed by atoms with Gasteiger partial charge in [0.25, 0.3) is 0 Å². The maximum atomic E-state index is 12.9. The van der Waals surface area contributed by atoms with Crippen molar-refractivity contribution in [2.45, 2.75) is 32.5 Å². The first kappa shape index (κ1) is 27.3. The second-order valence-corrected chi connectivity index (χ2v) is 9.31. The highest BCUT2D eigenvalue weighted by Crippen LogP contribution is 2.25. The molecule has 1 heterocycles. The number of carbonyl (C=O) groups is 2. The number of nitrogens with one attached hydrogen (secondary N) is 2. The topological polar surface area (TPSA) is 141 Å². The zero-order valence-electron chi connectivity index (χ0n) is 20.0. The quantitative estimate of drug-likeness (QED) is 0.205. The summed E-state index contributed by atoms with van der Waals surface area (Å²) in [6.45, 7) is 2.82. The van der Waals surface area contributed by atoms with Crippen LogP contribution < -0.4 is 10.1 Å². The fourth-order valence-corrected chi connectivity index (χ4v) is 4.32. The van der Waals surface area contributed by atoms with Crippen LogP contribution in [-0.4, -0.2) is 74.0 Å². The van der Waals surface area contributed by atoms with Gasteiger partial charge in [0.15, 0.2) is 17.8 Å². The third-order valence-electron chi connectivity index (χ3n) is 5.58. The Bertz CT molecular complexity index is 1210. The number of hydrogen-bond donors (Lipinski definition) is 3. The summed E-state index contributed by atoms with van der Waals surface area (Å²) in [7, 11) is 0. The van der Waals surface area contributed by atoms with Crippen LogP contribution in [0.5, 0.6) is 5.75 Å². The first-order valence-corrected chi connectivity index (χ1v) is 12.3. The minimum Gasteiger partial charge on any atom is -0.805 e. The van der Waals surface area contributed by atoms with Crippen LogP contribution in [-0.2, 0) is 9.59 Å². The van der Waals surface area contributed by atoms with Crippen molar-refractivity contribution in [3.05, 3.63) is 60.3 Å². The smallest absolute Gasteiger partial charge is 0.243 e. The van der Waals surface area contributed by atoms with Gasteiger partial charge in [-0.2, -0.15) is 0 Å². The van der Waals surface area contributed by atoms with Gasteiger partial charge >= 0.3 is 0 Å². The predicted molar refractivity (Wildman–Crippen MR) is 148 cm³/mol. The average Bonchev–Trinajstić information content (AvgIpc) is 2.87. The lowest BCUT2D eigenvalue weighted by atomic mass is 10.1. The molecule has 2 aromatic rings. The second kappa shape index (κ2) is 12.6. The molecule has 2 aromatic carbocycles. The third kappa shape index (κ3) is 6.66. The van der Waals surface area contributed by atoms with Crippen molar-refractivity contribution in [2.24, 2.45) is 4.99 Å². The lowest BCUT2D eigenvalue weighted by Crippen LogP contribution is -2.55. The van der Waals surface area contributed by atoms with Gasteiger partial charge in [0, 0.05) is 30.0 Å². The van der Waals surface area contributed by atoms with Crippen LogP contribution in [0.4, 0.5) is 0 Å². The fraction of sp³-hybridized carbons (Fsp3) is 0.320. The SMILES string of the molecule is CCC(C(=O)NCC(=O)COc1cccc2ccccc12)N1C=CN=C(N(I)CC(=[N-])C(C)=N)C1O.